The van der Waals surface area contributed by atoms with Gasteiger partial charge in [-0.05, 0) is 37.6 Å². The van der Waals surface area contributed by atoms with Crippen molar-refractivity contribution < 1.29 is 19.4 Å². The van der Waals surface area contributed by atoms with Crippen LogP contribution in [0.25, 0.3) is 6.08 Å². The van der Waals surface area contributed by atoms with Gasteiger partial charge in [-0.1, -0.05) is 30.3 Å². The van der Waals surface area contributed by atoms with Crippen LogP contribution in [0.1, 0.15) is 30.5 Å². The number of carbonyl (C=O) groups is 1. The first kappa shape index (κ1) is 20.0. The second kappa shape index (κ2) is 9.42. The smallest absolute Gasteiger partial charge is 0.246 e. The predicted octanol–water partition coefficient (Wildman–Crippen LogP) is 3.44. The Morgan fingerprint density at radius 3 is 2.82 bits per heavy atom. The number of fused-ring (bicyclic) bond motifs is 1. The Balaban J connectivity index is 1.79. The molecule has 0 aliphatic carbocycles. The van der Waals surface area contributed by atoms with Crippen LogP contribution in [0.15, 0.2) is 48.5 Å². The summed E-state index contributed by atoms with van der Waals surface area (Å²) in [5.41, 5.74) is 2.96. The molecule has 2 aromatic carbocycles. The van der Waals surface area contributed by atoms with Gasteiger partial charge >= 0.3 is 0 Å². The SMILES string of the molecule is CCOc1cc2c(cc1/C=C/C(=O)N(CCO)Cc1ccccc1)OC(C)C2. The van der Waals surface area contributed by atoms with Crippen molar-refractivity contribution in [3.8, 4) is 11.5 Å². The molecule has 0 saturated carbocycles. The fraction of sp³-hybridized carbons (Fsp3) is 0.348. The molecule has 3 rings (SSSR count). The van der Waals surface area contributed by atoms with E-state index in [-0.39, 0.29) is 25.2 Å². The third-order valence-corrected chi connectivity index (χ3v) is 4.63. The Bertz CT molecular complexity index is 832. The van der Waals surface area contributed by atoms with E-state index in [2.05, 4.69) is 0 Å². The molecule has 5 nitrogen and oxygen atoms in total. The van der Waals surface area contributed by atoms with Crippen molar-refractivity contribution in [2.75, 3.05) is 19.8 Å². The van der Waals surface area contributed by atoms with Gasteiger partial charge in [-0.15, -0.1) is 0 Å². The fourth-order valence-electron chi connectivity index (χ4n) is 3.32. The van der Waals surface area contributed by atoms with E-state index in [4.69, 9.17) is 9.47 Å². The molecule has 0 spiro atoms. The molecule has 1 heterocycles. The van der Waals surface area contributed by atoms with Gasteiger partial charge in [0.1, 0.15) is 17.6 Å². The highest BCUT2D eigenvalue weighted by Gasteiger charge is 2.21. The van der Waals surface area contributed by atoms with Gasteiger partial charge in [-0.2, -0.15) is 0 Å². The van der Waals surface area contributed by atoms with Crippen LogP contribution in [-0.2, 0) is 17.8 Å². The summed E-state index contributed by atoms with van der Waals surface area (Å²) in [5, 5.41) is 9.34. The third kappa shape index (κ3) is 4.93. The Kier molecular flexibility index (Phi) is 6.71. The molecule has 28 heavy (non-hydrogen) atoms. The van der Waals surface area contributed by atoms with Crippen LogP contribution in [0.3, 0.4) is 0 Å². The third-order valence-electron chi connectivity index (χ3n) is 4.63. The molecule has 5 heteroatoms. The van der Waals surface area contributed by atoms with E-state index < -0.39 is 0 Å². The zero-order chi connectivity index (χ0) is 19.9. The van der Waals surface area contributed by atoms with E-state index in [1.54, 1.807) is 11.0 Å². The summed E-state index contributed by atoms with van der Waals surface area (Å²) in [6.45, 7) is 5.17. The number of amides is 1. The van der Waals surface area contributed by atoms with Crippen molar-refractivity contribution in [1.29, 1.82) is 0 Å². The maximum Gasteiger partial charge on any atom is 0.246 e. The number of benzene rings is 2. The van der Waals surface area contributed by atoms with Crippen LogP contribution >= 0.6 is 0 Å². The van der Waals surface area contributed by atoms with Gasteiger partial charge in [-0.3, -0.25) is 4.79 Å². The number of aliphatic hydroxyl groups is 1. The molecule has 0 fully saturated rings. The molecule has 1 N–H and O–H groups in total. The van der Waals surface area contributed by atoms with Gasteiger partial charge in [0.05, 0.1) is 13.2 Å². The van der Waals surface area contributed by atoms with Gasteiger partial charge in [0, 0.05) is 36.7 Å². The highest BCUT2D eigenvalue weighted by Crippen LogP contribution is 2.35. The van der Waals surface area contributed by atoms with Crippen LogP contribution in [0.4, 0.5) is 0 Å². The van der Waals surface area contributed by atoms with E-state index in [9.17, 15) is 9.90 Å². The van der Waals surface area contributed by atoms with E-state index in [0.29, 0.717) is 13.2 Å². The van der Waals surface area contributed by atoms with Crippen molar-refractivity contribution in [3.05, 3.63) is 65.2 Å². The molecule has 148 valence electrons. The van der Waals surface area contributed by atoms with Gasteiger partial charge in [0.2, 0.25) is 5.91 Å². The Morgan fingerprint density at radius 1 is 1.32 bits per heavy atom. The van der Waals surface area contributed by atoms with Crippen molar-refractivity contribution in [2.24, 2.45) is 0 Å². The van der Waals surface area contributed by atoms with Gasteiger partial charge in [0.25, 0.3) is 0 Å². The number of ether oxygens (including phenoxy) is 2. The van der Waals surface area contributed by atoms with Gasteiger partial charge in [0.15, 0.2) is 0 Å². The van der Waals surface area contributed by atoms with Crippen molar-refractivity contribution >= 4 is 12.0 Å². The Labute approximate surface area is 166 Å². The average Bonchev–Trinajstić information content (AvgIpc) is 3.05. The molecule has 1 aliphatic heterocycles. The number of rotatable bonds is 8. The minimum absolute atomic E-state index is 0.0822. The van der Waals surface area contributed by atoms with Crippen LogP contribution in [0.2, 0.25) is 0 Å². The number of carbonyl (C=O) groups excluding carboxylic acids is 1. The summed E-state index contributed by atoms with van der Waals surface area (Å²) in [7, 11) is 0. The second-order valence-corrected chi connectivity index (χ2v) is 6.87. The predicted molar refractivity (Wildman–Crippen MR) is 109 cm³/mol. The number of hydrogen-bond donors (Lipinski definition) is 1. The molecule has 0 saturated heterocycles. The van der Waals surface area contributed by atoms with Crippen LogP contribution in [-0.4, -0.2) is 41.8 Å². The van der Waals surface area contributed by atoms with E-state index in [1.165, 1.54) is 6.08 Å². The second-order valence-electron chi connectivity index (χ2n) is 6.87. The summed E-state index contributed by atoms with van der Waals surface area (Å²) < 4.78 is 11.6. The lowest BCUT2D eigenvalue weighted by atomic mass is 10.1. The quantitative estimate of drug-likeness (QED) is 0.712. The Morgan fingerprint density at radius 2 is 2.11 bits per heavy atom. The number of aliphatic hydroxyl groups excluding tert-OH is 1. The maximum absolute atomic E-state index is 12.7. The van der Waals surface area contributed by atoms with Crippen molar-refractivity contribution in [1.82, 2.24) is 4.90 Å². The zero-order valence-corrected chi connectivity index (χ0v) is 16.4. The minimum Gasteiger partial charge on any atom is -0.493 e. The highest BCUT2D eigenvalue weighted by molar-refractivity contribution is 5.92. The van der Waals surface area contributed by atoms with Gasteiger partial charge in [-0.25, -0.2) is 0 Å². The molecule has 1 unspecified atom stereocenters. The Hall–Kier alpha value is -2.79. The van der Waals surface area contributed by atoms with E-state index >= 15 is 0 Å². The molecule has 2 aromatic rings. The molecule has 0 radical (unpaired) electrons. The normalized spacial score (nSPS) is 15.3. The molecule has 1 atom stereocenters. The maximum atomic E-state index is 12.7. The molecule has 1 aliphatic rings. The standard InChI is InChI=1S/C23H27NO4/c1-3-27-21-15-20-13-17(2)28-22(20)14-19(21)9-10-23(26)24(11-12-25)16-18-7-5-4-6-8-18/h4-10,14-15,17,25H,3,11-13,16H2,1-2H3/b10-9+. The summed E-state index contributed by atoms with van der Waals surface area (Å²) in [6, 6.07) is 13.7. The monoisotopic (exact) mass is 381 g/mol. The van der Waals surface area contributed by atoms with Crippen LogP contribution in [0.5, 0.6) is 11.5 Å². The summed E-state index contributed by atoms with van der Waals surface area (Å²) in [5.74, 6) is 1.44. The number of hydrogen-bond acceptors (Lipinski definition) is 4. The van der Waals surface area contributed by atoms with Crippen LogP contribution < -0.4 is 9.47 Å². The first-order valence-electron chi connectivity index (χ1n) is 9.68. The van der Waals surface area contributed by atoms with Gasteiger partial charge < -0.3 is 19.5 Å². The van der Waals surface area contributed by atoms with E-state index in [1.807, 2.05) is 56.3 Å². The summed E-state index contributed by atoms with van der Waals surface area (Å²) >= 11 is 0. The first-order chi connectivity index (χ1) is 13.6. The lowest BCUT2D eigenvalue weighted by molar-refractivity contribution is -0.127. The molecule has 1 amide bonds. The molecule has 0 aromatic heterocycles. The number of nitrogens with zero attached hydrogens (tertiary/aromatic N) is 1. The molecule has 0 bridgehead atoms. The lowest BCUT2D eigenvalue weighted by Gasteiger charge is -2.20. The first-order valence-corrected chi connectivity index (χ1v) is 9.68. The largest absolute Gasteiger partial charge is 0.493 e. The summed E-state index contributed by atoms with van der Waals surface area (Å²) in [6.07, 6.45) is 4.30. The molecular formula is C23H27NO4. The van der Waals surface area contributed by atoms with Crippen molar-refractivity contribution in [3.63, 3.8) is 0 Å². The minimum atomic E-state index is -0.157. The fourth-order valence-corrected chi connectivity index (χ4v) is 3.32. The lowest BCUT2D eigenvalue weighted by Crippen LogP contribution is -2.31. The average molecular weight is 381 g/mol. The zero-order valence-electron chi connectivity index (χ0n) is 16.4. The topological polar surface area (TPSA) is 59.0 Å². The van der Waals surface area contributed by atoms with E-state index in [0.717, 1.165) is 34.6 Å². The van der Waals surface area contributed by atoms with Crippen molar-refractivity contribution in [2.45, 2.75) is 32.9 Å². The molecular weight excluding hydrogens is 354 g/mol. The summed E-state index contributed by atoms with van der Waals surface area (Å²) in [4.78, 5) is 14.3. The highest BCUT2D eigenvalue weighted by atomic mass is 16.5. The van der Waals surface area contributed by atoms with Crippen LogP contribution in [0, 0.1) is 0 Å².